The Morgan fingerprint density at radius 2 is 0.723 bits per heavy atom. The highest BCUT2D eigenvalue weighted by atomic mass is 15.1. The average molecular weight is 603 g/mol. The molecule has 0 bridgehead atoms. The molecule has 0 heterocycles. The SMILES string of the molecule is CN(c1ccc(-c2ccc(N(c3ccc4ccccc4c3)c3ccc4ccccc4c3)cc2)cc1)c1cccc(-c2ccccc2)c1. The molecule has 0 unspecified atom stereocenters. The standard InChI is InChI=1S/C45H34N2/c1-46(43-17-9-16-40(30-43)33-10-3-2-4-11-33)41-24-18-36(19-25-41)37-20-26-42(27-21-37)47(44-28-22-34-12-5-7-14-38(34)31-44)45-29-23-35-13-6-8-15-39(35)32-45/h2-32H,1H3. The van der Waals surface area contributed by atoms with Crippen LogP contribution in [0.3, 0.4) is 0 Å². The number of fused-ring (bicyclic) bond motifs is 2. The van der Waals surface area contributed by atoms with E-state index in [0.29, 0.717) is 0 Å². The van der Waals surface area contributed by atoms with Crippen molar-refractivity contribution in [3.63, 3.8) is 0 Å². The van der Waals surface area contributed by atoms with E-state index in [1.54, 1.807) is 0 Å². The fraction of sp³-hybridized carbons (Fsp3) is 0.0222. The fourth-order valence-electron chi connectivity index (χ4n) is 6.43. The summed E-state index contributed by atoms with van der Waals surface area (Å²) in [7, 11) is 2.13. The van der Waals surface area contributed by atoms with E-state index in [4.69, 9.17) is 0 Å². The Balaban J connectivity index is 1.09. The van der Waals surface area contributed by atoms with Gasteiger partial charge >= 0.3 is 0 Å². The van der Waals surface area contributed by atoms with Crippen molar-refractivity contribution >= 4 is 50.0 Å². The van der Waals surface area contributed by atoms with Crippen LogP contribution in [0.4, 0.5) is 28.4 Å². The molecule has 8 aromatic rings. The summed E-state index contributed by atoms with van der Waals surface area (Å²) in [6.45, 7) is 0. The van der Waals surface area contributed by atoms with Gasteiger partial charge in [-0.25, -0.2) is 0 Å². The molecule has 0 atom stereocenters. The molecule has 2 heteroatoms. The van der Waals surface area contributed by atoms with Gasteiger partial charge in [0.15, 0.2) is 0 Å². The minimum atomic E-state index is 1.12. The smallest absolute Gasteiger partial charge is 0.0468 e. The van der Waals surface area contributed by atoms with Crippen LogP contribution in [-0.4, -0.2) is 7.05 Å². The van der Waals surface area contributed by atoms with Crippen LogP contribution in [0.15, 0.2) is 188 Å². The molecule has 0 saturated carbocycles. The lowest BCUT2D eigenvalue weighted by Crippen LogP contribution is -2.10. The number of nitrogens with zero attached hydrogens (tertiary/aromatic N) is 2. The molecule has 0 aliphatic carbocycles. The summed E-state index contributed by atoms with van der Waals surface area (Å²) < 4.78 is 0. The van der Waals surface area contributed by atoms with Gasteiger partial charge in [0.2, 0.25) is 0 Å². The molecule has 8 aromatic carbocycles. The first-order valence-corrected chi connectivity index (χ1v) is 16.1. The Hall–Kier alpha value is -6.12. The van der Waals surface area contributed by atoms with E-state index in [0.717, 1.165) is 28.4 Å². The first kappa shape index (κ1) is 28.4. The van der Waals surface area contributed by atoms with Crippen LogP contribution in [0.5, 0.6) is 0 Å². The maximum Gasteiger partial charge on any atom is 0.0468 e. The molecule has 0 aliphatic rings. The van der Waals surface area contributed by atoms with Gasteiger partial charge in [0.1, 0.15) is 0 Å². The summed E-state index contributed by atoms with van der Waals surface area (Å²) in [5, 5.41) is 4.93. The molecule has 0 aromatic heterocycles. The summed E-state index contributed by atoms with van der Waals surface area (Å²) in [6, 6.07) is 67.5. The predicted molar refractivity (Wildman–Crippen MR) is 202 cm³/mol. The molecule has 0 fully saturated rings. The Labute approximate surface area is 276 Å². The van der Waals surface area contributed by atoms with Gasteiger partial charge in [-0.2, -0.15) is 0 Å². The summed E-state index contributed by atoms with van der Waals surface area (Å²) in [5.41, 5.74) is 10.5. The highest BCUT2D eigenvalue weighted by Gasteiger charge is 2.14. The van der Waals surface area contributed by atoms with E-state index in [2.05, 4.69) is 205 Å². The van der Waals surface area contributed by atoms with Crippen LogP contribution in [0.2, 0.25) is 0 Å². The van der Waals surface area contributed by atoms with Gasteiger partial charge in [0.05, 0.1) is 0 Å². The molecule has 224 valence electrons. The Morgan fingerprint density at radius 3 is 1.30 bits per heavy atom. The second-order valence-corrected chi connectivity index (χ2v) is 12.0. The zero-order valence-corrected chi connectivity index (χ0v) is 26.3. The summed E-state index contributed by atoms with van der Waals surface area (Å²) in [4.78, 5) is 4.59. The number of hydrogen-bond acceptors (Lipinski definition) is 2. The molecule has 0 aliphatic heterocycles. The van der Waals surface area contributed by atoms with Crippen molar-refractivity contribution in [1.29, 1.82) is 0 Å². The molecular weight excluding hydrogens is 569 g/mol. The van der Waals surface area contributed by atoms with Crippen LogP contribution < -0.4 is 9.80 Å². The van der Waals surface area contributed by atoms with E-state index < -0.39 is 0 Å². The quantitative estimate of drug-likeness (QED) is 0.179. The molecule has 0 spiro atoms. The first-order valence-electron chi connectivity index (χ1n) is 16.1. The summed E-state index contributed by atoms with van der Waals surface area (Å²) in [5.74, 6) is 0. The normalized spacial score (nSPS) is 11.1. The maximum absolute atomic E-state index is 2.35. The molecule has 0 radical (unpaired) electrons. The lowest BCUT2D eigenvalue weighted by molar-refractivity contribution is 1.21. The summed E-state index contributed by atoms with van der Waals surface area (Å²) >= 11 is 0. The highest BCUT2D eigenvalue weighted by Crippen LogP contribution is 2.38. The minimum Gasteiger partial charge on any atom is -0.345 e. The molecule has 0 amide bonds. The van der Waals surface area contributed by atoms with Crippen LogP contribution >= 0.6 is 0 Å². The van der Waals surface area contributed by atoms with Gasteiger partial charge in [0.25, 0.3) is 0 Å². The van der Waals surface area contributed by atoms with Gasteiger partial charge < -0.3 is 9.80 Å². The van der Waals surface area contributed by atoms with Crippen molar-refractivity contribution in [1.82, 2.24) is 0 Å². The second-order valence-electron chi connectivity index (χ2n) is 12.0. The van der Waals surface area contributed by atoms with Crippen molar-refractivity contribution in [2.75, 3.05) is 16.8 Å². The molecule has 8 rings (SSSR count). The lowest BCUT2D eigenvalue weighted by atomic mass is 10.0. The third kappa shape index (κ3) is 5.74. The van der Waals surface area contributed by atoms with Gasteiger partial charge in [-0.1, -0.05) is 127 Å². The van der Waals surface area contributed by atoms with E-state index in [1.165, 1.54) is 43.8 Å². The highest BCUT2D eigenvalue weighted by molar-refractivity contribution is 5.92. The van der Waals surface area contributed by atoms with E-state index in [-0.39, 0.29) is 0 Å². The topological polar surface area (TPSA) is 6.48 Å². The minimum absolute atomic E-state index is 1.12. The zero-order valence-electron chi connectivity index (χ0n) is 26.3. The number of benzene rings is 8. The van der Waals surface area contributed by atoms with Crippen molar-refractivity contribution in [3.05, 3.63) is 188 Å². The predicted octanol–water partition coefficient (Wildman–Crippen LogP) is 12.6. The third-order valence-electron chi connectivity index (χ3n) is 9.04. The van der Waals surface area contributed by atoms with E-state index in [9.17, 15) is 0 Å². The number of hydrogen-bond donors (Lipinski definition) is 0. The largest absolute Gasteiger partial charge is 0.345 e. The monoisotopic (exact) mass is 602 g/mol. The number of rotatable bonds is 7. The second kappa shape index (κ2) is 12.3. The van der Waals surface area contributed by atoms with Crippen molar-refractivity contribution in [3.8, 4) is 22.3 Å². The molecule has 47 heavy (non-hydrogen) atoms. The lowest BCUT2D eigenvalue weighted by Gasteiger charge is -2.26. The van der Waals surface area contributed by atoms with Gasteiger partial charge in [-0.15, -0.1) is 0 Å². The fourth-order valence-corrected chi connectivity index (χ4v) is 6.43. The van der Waals surface area contributed by atoms with Crippen LogP contribution in [0, 0.1) is 0 Å². The van der Waals surface area contributed by atoms with E-state index in [1.807, 2.05) is 0 Å². The van der Waals surface area contributed by atoms with Gasteiger partial charge in [0, 0.05) is 35.5 Å². The Morgan fingerprint density at radius 1 is 0.277 bits per heavy atom. The Bertz CT molecular complexity index is 2230. The van der Waals surface area contributed by atoms with E-state index >= 15 is 0 Å². The molecule has 0 N–H and O–H groups in total. The third-order valence-corrected chi connectivity index (χ3v) is 9.04. The Kier molecular flexibility index (Phi) is 7.45. The van der Waals surface area contributed by atoms with Gasteiger partial charge in [-0.05, 0) is 104 Å². The average Bonchev–Trinajstić information content (AvgIpc) is 3.15. The zero-order chi connectivity index (χ0) is 31.6. The van der Waals surface area contributed by atoms with Crippen LogP contribution in [0.25, 0.3) is 43.8 Å². The van der Waals surface area contributed by atoms with Crippen LogP contribution in [-0.2, 0) is 0 Å². The maximum atomic E-state index is 2.35. The van der Waals surface area contributed by atoms with Crippen molar-refractivity contribution in [2.45, 2.75) is 0 Å². The van der Waals surface area contributed by atoms with Crippen LogP contribution in [0.1, 0.15) is 0 Å². The molecule has 2 nitrogen and oxygen atoms in total. The van der Waals surface area contributed by atoms with Crippen molar-refractivity contribution < 1.29 is 0 Å². The summed E-state index contributed by atoms with van der Waals surface area (Å²) in [6.07, 6.45) is 0. The first-order chi connectivity index (χ1) is 23.2. The van der Waals surface area contributed by atoms with Gasteiger partial charge in [-0.3, -0.25) is 0 Å². The molecule has 0 saturated heterocycles. The molecular formula is C45H34N2. The van der Waals surface area contributed by atoms with Crippen molar-refractivity contribution in [2.24, 2.45) is 0 Å². The number of anilines is 5.